The number of para-hydroxylation sites is 1. The van der Waals surface area contributed by atoms with Crippen molar-refractivity contribution in [2.45, 2.75) is 58.5 Å². The molecule has 156 valence electrons. The molecule has 0 aliphatic carbocycles. The Labute approximate surface area is 176 Å². The van der Waals surface area contributed by atoms with E-state index in [1.165, 1.54) is 12.5 Å². The Kier molecular flexibility index (Phi) is 5.73. The Balaban J connectivity index is 1.71. The highest BCUT2D eigenvalue weighted by Crippen LogP contribution is 2.34. The molecule has 0 spiro atoms. The number of carbonyl (C=O) groups is 2. The van der Waals surface area contributed by atoms with E-state index in [2.05, 4.69) is 6.92 Å². The third kappa shape index (κ3) is 4.03. The van der Waals surface area contributed by atoms with Gasteiger partial charge in [-0.3, -0.25) is 9.59 Å². The molecule has 0 bridgehead atoms. The smallest absolute Gasteiger partial charge is 0.302 e. The Hall–Kier alpha value is -2.92. The van der Waals surface area contributed by atoms with Gasteiger partial charge in [-0.15, -0.1) is 0 Å². The van der Waals surface area contributed by atoms with Gasteiger partial charge in [0.1, 0.15) is 12.3 Å². The van der Waals surface area contributed by atoms with Crippen molar-refractivity contribution >= 4 is 22.7 Å². The summed E-state index contributed by atoms with van der Waals surface area (Å²) >= 11 is 0. The van der Waals surface area contributed by atoms with Crippen LogP contribution in [-0.4, -0.2) is 28.5 Å². The Bertz CT molecular complexity index is 1070. The van der Waals surface area contributed by atoms with Gasteiger partial charge in [0.2, 0.25) is 0 Å². The fraction of sp³-hybridized carbons (Fsp3) is 0.360. The number of esters is 1. The molecule has 0 amide bonds. The highest BCUT2D eigenvalue weighted by molar-refractivity contribution is 6.16. The summed E-state index contributed by atoms with van der Waals surface area (Å²) in [6.07, 6.45) is 3.51. The number of ether oxygens (including phenoxy) is 2. The third-order valence-electron chi connectivity index (χ3n) is 5.70. The fourth-order valence-electron chi connectivity index (χ4n) is 4.25. The Morgan fingerprint density at radius 2 is 1.83 bits per heavy atom. The van der Waals surface area contributed by atoms with Crippen LogP contribution in [0.2, 0.25) is 0 Å². The van der Waals surface area contributed by atoms with Crippen molar-refractivity contribution in [2.75, 3.05) is 0 Å². The zero-order chi connectivity index (χ0) is 21.3. The van der Waals surface area contributed by atoms with Crippen LogP contribution in [-0.2, 0) is 20.7 Å². The Morgan fingerprint density at radius 3 is 2.53 bits per heavy atom. The zero-order valence-electron chi connectivity index (χ0n) is 17.6. The number of fused-ring (bicyclic) bond motifs is 1. The summed E-state index contributed by atoms with van der Waals surface area (Å²) in [5.74, 6) is -0.287. The monoisotopic (exact) mass is 405 g/mol. The molecule has 0 unspecified atom stereocenters. The largest absolute Gasteiger partial charge is 0.462 e. The molecule has 1 fully saturated rings. The van der Waals surface area contributed by atoms with Crippen LogP contribution in [0, 0.1) is 0 Å². The van der Waals surface area contributed by atoms with Crippen LogP contribution < -0.4 is 0 Å². The van der Waals surface area contributed by atoms with E-state index in [-0.39, 0.29) is 30.2 Å². The normalized spacial score (nSPS) is 21.5. The first-order valence-corrected chi connectivity index (χ1v) is 10.5. The lowest BCUT2D eigenvalue weighted by molar-refractivity contribution is -0.164. The van der Waals surface area contributed by atoms with E-state index in [9.17, 15) is 9.59 Å². The first-order valence-electron chi connectivity index (χ1n) is 10.5. The van der Waals surface area contributed by atoms with Crippen LogP contribution in [0.5, 0.6) is 0 Å². The third-order valence-corrected chi connectivity index (χ3v) is 5.70. The topological polar surface area (TPSA) is 57.5 Å². The molecule has 2 heterocycles. The highest BCUT2D eigenvalue weighted by atomic mass is 16.6. The van der Waals surface area contributed by atoms with Gasteiger partial charge in [0.15, 0.2) is 5.78 Å². The molecular formula is C25H27NO4. The number of hydrogen-bond acceptors (Lipinski definition) is 4. The fourth-order valence-corrected chi connectivity index (χ4v) is 4.25. The van der Waals surface area contributed by atoms with E-state index in [1.807, 2.05) is 66.2 Å². The van der Waals surface area contributed by atoms with E-state index in [4.69, 9.17) is 9.47 Å². The van der Waals surface area contributed by atoms with Crippen molar-refractivity contribution in [3.05, 3.63) is 71.4 Å². The summed E-state index contributed by atoms with van der Waals surface area (Å²) in [7, 11) is 0. The number of ketones is 1. The van der Waals surface area contributed by atoms with E-state index in [0.717, 1.165) is 17.3 Å². The van der Waals surface area contributed by atoms with Crippen LogP contribution >= 0.6 is 0 Å². The van der Waals surface area contributed by atoms with Crippen molar-refractivity contribution in [2.24, 2.45) is 0 Å². The van der Waals surface area contributed by atoms with Gasteiger partial charge in [0.05, 0.1) is 11.6 Å². The van der Waals surface area contributed by atoms with Crippen molar-refractivity contribution in [3.63, 3.8) is 0 Å². The van der Waals surface area contributed by atoms with Crippen molar-refractivity contribution in [3.8, 4) is 0 Å². The molecule has 0 saturated carbocycles. The summed E-state index contributed by atoms with van der Waals surface area (Å²) in [4.78, 5) is 24.8. The molecule has 1 aliphatic heterocycles. The summed E-state index contributed by atoms with van der Waals surface area (Å²) < 4.78 is 13.7. The highest BCUT2D eigenvalue weighted by Gasteiger charge is 2.31. The maximum absolute atomic E-state index is 13.3. The lowest BCUT2D eigenvalue weighted by atomic mass is 10.0. The number of benzene rings is 2. The van der Waals surface area contributed by atoms with Gasteiger partial charge in [0.25, 0.3) is 0 Å². The SMILES string of the molecule is CCc1ccc(C(=O)c2cn([C@H]3C[C@@H](OC(C)=O)C[C@@H](C)O3)c3ccccc23)cc1. The van der Waals surface area contributed by atoms with Gasteiger partial charge >= 0.3 is 5.97 Å². The van der Waals surface area contributed by atoms with Gasteiger partial charge in [-0.2, -0.15) is 0 Å². The van der Waals surface area contributed by atoms with E-state index >= 15 is 0 Å². The molecule has 2 aromatic carbocycles. The van der Waals surface area contributed by atoms with Gasteiger partial charge in [-0.25, -0.2) is 0 Å². The molecule has 1 saturated heterocycles. The minimum atomic E-state index is -0.299. The van der Waals surface area contributed by atoms with Gasteiger partial charge in [-0.1, -0.05) is 49.4 Å². The minimum Gasteiger partial charge on any atom is -0.462 e. The molecular weight excluding hydrogens is 378 g/mol. The molecule has 5 nitrogen and oxygen atoms in total. The average molecular weight is 405 g/mol. The summed E-state index contributed by atoms with van der Waals surface area (Å²) in [6.45, 7) is 5.51. The standard InChI is InChI=1S/C25H27NO4/c1-4-18-9-11-19(12-10-18)25(28)22-15-26(23-8-6-5-7-21(22)23)24-14-20(30-17(3)27)13-16(2)29-24/h5-12,15-16,20,24H,4,13-14H2,1-3H3/t16-,20+,24-/m1/s1. The van der Waals surface area contributed by atoms with E-state index in [1.54, 1.807) is 0 Å². The second-order valence-electron chi connectivity index (χ2n) is 7.95. The first kappa shape index (κ1) is 20.4. The average Bonchev–Trinajstić information content (AvgIpc) is 3.12. The first-order chi connectivity index (χ1) is 14.5. The minimum absolute atomic E-state index is 0.00648. The summed E-state index contributed by atoms with van der Waals surface area (Å²) in [6, 6.07) is 15.6. The summed E-state index contributed by atoms with van der Waals surface area (Å²) in [5.41, 5.74) is 3.47. The molecule has 3 atom stereocenters. The van der Waals surface area contributed by atoms with Crippen LogP contribution in [0.1, 0.15) is 61.3 Å². The number of rotatable bonds is 5. The van der Waals surface area contributed by atoms with Crippen molar-refractivity contribution in [1.82, 2.24) is 4.57 Å². The Morgan fingerprint density at radius 1 is 1.10 bits per heavy atom. The van der Waals surface area contributed by atoms with E-state index in [0.29, 0.717) is 24.0 Å². The molecule has 30 heavy (non-hydrogen) atoms. The molecule has 1 aliphatic rings. The van der Waals surface area contributed by atoms with Gasteiger partial charge in [-0.05, 0) is 25.0 Å². The van der Waals surface area contributed by atoms with Crippen LogP contribution in [0.3, 0.4) is 0 Å². The quantitative estimate of drug-likeness (QED) is 0.440. The lowest BCUT2D eigenvalue weighted by Crippen LogP contribution is -2.34. The predicted octanol–water partition coefficient (Wildman–Crippen LogP) is 5.06. The van der Waals surface area contributed by atoms with Gasteiger partial charge in [0, 0.05) is 42.5 Å². The maximum Gasteiger partial charge on any atom is 0.302 e. The molecule has 3 aromatic rings. The van der Waals surface area contributed by atoms with Gasteiger partial charge < -0.3 is 14.0 Å². The van der Waals surface area contributed by atoms with Crippen LogP contribution in [0.25, 0.3) is 10.9 Å². The molecule has 5 heteroatoms. The van der Waals surface area contributed by atoms with E-state index < -0.39 is 0 Å². The van der Waals surface area contributed by atoms with Crippen LogP contribution in [0.4, 0.5) is 0 Å². The number of aromatic nitrogens is 1. The second-order valence-corrected chi connectivity index (χ2v) is 7.95. The summed E-state index contributed by atoms with van der Waals surface area (Å²) in [5, 5.41) is 0.896. The predicted molar refractivity (Wildman–Crippen MR) is 116 cm³/mol. The van der Waals surface area contributed by atoms with Crippen LogP contribution in [0.15, 0.2) is 54.7 Å². The zero-order valence-corrected chi connectivity index (χ0v) is 17.6. The second kappa shape index (κ2) is 8.44. The molecule has 0 N–H and O–H groups in total. The maximum atomic E-state index is 13.3. The number of aryl methyl sites for hydroxylation is 1. The molecule has 1 aromatic heterocycles. The molecule has 0 radical (unpaired) electrons. The number of hydrogen-bond donors (Lipinski definition) is 0. The number of carbonyl (C=O) groups excluding carboxylic acids is 2. The lowest BCUT2D eigenvalue weighted by Gasteiger charge is -2.34. The van der Waals surface area contributed by atoms with Crippen molar-refractivity contribution in [1.29, 1.82) is 0 Å². The number of nitrogens with zero attached hydrogens (tertiary/aromatic N) is 1. The van der Waals surface area contributed by atoms with Crippen molar-refractivity contribution < 1.29 is 19.1 Å². The molecule has 4 rings (SSSR count).